The van der Waals surface area contributed by atoms with E-state index in [0.29, 0.717) is 22.2 Å². The number of halogens is 1. The van der Waals surface area contributed by atoms with Crippen LogP contribution in [0, 0.1) is 0 Å². The molecule has 3 aromatic carbocycles. The van der Waals surface area contributed by atoms with E-state index in [2.05, 4.69) is 34.9 Å². The zero-order valence-corrected chi connectivity index (χ0v) is 16.8. The molecule has 148 valence electrons. The van der Waals surface area contributed by atoms with Crippen LogP contribution in [0.4, 0.5) is 5.69 Å². The fourth-order valence-electron chi connectivity index (χ4n) is 3.68. The first-order valence-corrected chi connectivity index (χ1v) is 10.2. The summed E-state index contributed by atoms with van der Waals surface area (Å²) in [6.45, 7) is 0.219. The number of para-hydroxylation sites is 1. The van der Waals surface area contributed by atoms with Gasteiger partial charge in [-0.15, -0.1) is 0 Å². The second kappa shape index (κ2) is 9.12. The van der Waals surface area contributed by atoms with Gasteiger partial charge in [-0.05, 0) is 60.7 Å². The van der Waals surface area contributed by atoms with E-state index in [0.717, 1.165) is 19.3 Å². The highest BCUT2D eigenvalue weighted by molar-refractivity contribution is 6.31. The molecule has 0 saturated carbocycles. The Morgan fingerprint density at radius 1 is 1.03 bits per heavy atom. The van der Waals surface area contributed by atoms with Crippen LogP contribution in [0.15, 0.2) is 72.8 Å². The molecular formula is C24H23ClN2O2. The van der Waals surface area contributed by atoms with Gasteiger partial charge in [0, 0.05) is 11.1 Å². The van der Waals surface area contributed by atoms with E-state index >= 15 is 0 Å². The van der Waals surface area contributed by atoms with E-state index < -0.39 is 0 Å². The van der Waals surface area contributed by atoms with Gasteiger partial charge in [-0.1, -0.05) is 54.1 Å². The quantitative estimate of drug-likeness (QED) is 0.549. The highest BCUT2D eigenvalue weighted by Crippen LogP contribution is 2.32. The highest BCUT2D eigenvalue weighted by atomic mass is 35.5. The highest BCUT2D eigenvalue weighted by Gasteiger charge is 2.20. The summed E-state index contributed by atoms with van der Waals surface area (Å²) in [5.74, 6) is 1.12. The molecular weight excluding hydrogens is 384 g/mol. The molecule has 5 heteroatoms. The van der Waals surface area contributed by atoms with Crippen LogP contribution in [0.5, 0.6) is 11.5 Å². The number of amides is 1. The van der Waals surface area contributed by atoms with Gasteiger partial charge in [-0.2, -0.15) is 0 Å². The lowest BCUT2D eigenvalue weighted by Crippen LogP contribution is -2.33. The van der Waals surface area contributed by atoms with E-state index in [9.17, 15) is 4.79 Å². The molecule has 4 nitrogen and oxygen atoms in total. The number of nitrogens with one attached hydrogen (secondary N) is 2. The Labute approximate surface area is 175 Å². The van der Waals surface area contributed by atoms with Gasteiger partial charge >= 0.3 is 0 Å². The van der Waals surface area contributed by atoms with Crippen molar-refractivity contribution >= 4 is 23.2 Å². The number of carbonyl (C=O) groups excluding carboxylic acids is 1. The van der Waals surface area contributed by atoms with Crippen molar-refractivity contribution in [1.29, 1.82) is 0 Å². The van der Waals surface area contributed by atoms with Crippen molar-refractivity contribution < 1.29 is 9.53 Å². The summed E-state index contributed by atoms with van der Waals surface area (Å²) >= 11 is 6.14. The minimum absolute atomic E-state index is 0.131. The molecule has 1 amide bonds. The maximum atomic E-state index is 12.6. The third-order valence-corrected chi connectivity index (χ3v) is 5.30. The summed E-state index contributed by atoms with van der Waals surface area (Å²) in [6.07, 6.45) is 3.26. The first kappa shape index (κ1) is 19.5. The van der Waals surface area contributed by atoms with Gasteiger partial charge < -0.3 is 15.4 Å². The van der Waals surface area contributed by atoms with E-state index in [1.54, 1.807) is 18.2 Å². The van der Waals surface area contributed by atoms with Gasteiger partial charge in [0.15, 0.2) is 5.75 Å². The average molecular weight is 407 g/mol. The Bertz CT molecular complexity index is 991. The largest absolute Gasteiger partial charge is 0.455 e. The maximum Gasteiger partial charge on any atom is 0.238 e. The average Bonchev–Trinajstić information content (AvgIpc) is 2.75. The van der Waals surface area contributed by atoms with Gasteiger partial charge in [0.05, 0.1) is 12.2 Å². The number of anilines is 1. The van der Waals surface area contributed by atoms with Crippen LogP contribution >= 0.6 is 11.6 Å². The fourth-order valence-corrected chi connectivity index (χ4v) is 3.85. The molecule has 1 aliphatic rings. The SMILES string of the molecule is O=C(CNC1CCCc2ccccc21)Nc1cc(Cl)ccc1Oc1ccccc1. The summed E-state index contributed by atoms with van der Waals surface area (Å²) in [5, 5.41) is 6.86. The number of ether oxygens (including phenoxy) is 1. The molecule has 0 aromatic heterocycles. The van der Waals surface area contributed by atoms with Crippen LogP contribution in [0.2, 0.25) is 5.02 Å². The smallest absolute Gasteiger partial charge is 0.238 e. The van der Waals surface area contributed by atoms with Gasteiger partial charge in [0.1, 0.15) is 5.75 Å². The van der Waals surface area contributed by atoms with Crippen LogP contribution in [0.1, 0.15) is 30.0 Å². The van der Waals surface area contributed by atoms with E-state index in [1.807, 2.05) is 30.3 Å². The predicted octanol–water partition coefficient (Wildman–Crippen LogP) is 5.74. The second-order valence-electron chi connectivity index (χ2n) is 7.13. The Morgan fingerprint density at radius 3 is 2.69 bits per heavy atom. The Hall–Kier alpha value is -2.82. The molecule has 0 aliphatic heterocycles. The van der Waals surface area contributed by atoms with Crippen molar-refractivity contribution in [3.8, 4) is 11.5 Å². The predicted molar refractivity (Wildman–Crippen MR) is 117 cm³/mol. The lowest BCUT2D eigenvalue weighted by molar-refractivity contribution is -0.115. The molecule has 1 unspecified atom stereocenters. The van der Waals surface area contributed by atoms with E-state index in [-0.39, 0.29) is 18.5 Å². The molecule has 0 fully saturated rings. The lowest BCUT2D eigenvalue weighted by Gasteiger charge is -2.26. The number of carbonyl (C=O) groups is 1. The minimum atomic E-state index is -0.131. The van der Waals surface area contributed by atoms with Crippen molar-refractivity contribution in [3.63, 3.8) is 0 Å². The Kier molecular flexibility index (Phi) is 6.13. The van der Waals surface area contributed by atoms with Crippen molar-refractivity contribution in [3.05, 3.63) is 88.9 Å². The molecule has 0 heterocycles. The molecule has 1 aliphatic carbocycles. The minimum Gasteiger partial charge on any atom is -0.455 e. The first-order valence-electron chi connectivity index (χ1n) is 9.82. The van der Waals surface area contributed by atoms with Gasteiger partial charge in [0.25, 0.3) is 0 Å². The summed E-state index contributed by atoms with van der Waals surface area (Å²) in [4.78, 5) is 12.6. The van der Waals surface area contributed by atoms with Crippen molar-refractivity contribution in [2.45, 2.75) is 25.3 Å². The van der Waals surface area contributed by atoms with Crippen molar-refractivity contribution in [2.75, 3.05) is 11.9 Å². The van der Waals surface area contributed by atoms with Crippen molar-refractivity contribution in [2.24, 2.45) is 0 Å². The molecule has 29 heavy (non-hydrogen) atoms. The first-order chi connectivity index (χ1) is 14.2. The summed E-state index contributed by atoms with van der Waals surface area (Å²) < 4.78 is 5.91. The summed E-state index contributed by atoms with van der Waals surface area (Å²) in [7, 11) is 0. The van der Waals surface area contributed by atoms with Gasteiger partial charge in [-0.25, -0.2) is 0 Å². The monoisotopic (exact) mass is 406 g/mol. The van der Waals surface area contributed by atoms with Gasteiger partial charge in [-0.3, -0.25) is 4.79 Å². The number of rotatable bonds is 6. The third-order valence-electron chi connectivity index (χ3n) is 5.07. The summed E-state index contributed by atoms with van der Waals surface area (Å²) in [6, 6.07) is 23.3. The fraction of sp³-hybridized carbons (Fsp3) is 0.208. The standard InChI is InChI=1S/C24H23ClN2O2/c25-18-13-14-23(29-19-9-2-1-3-10-19)22(15-18)27-24(28)16-26-21-12-6-8-17-7-4-5-11-20(17)21/h1-5,7,9-11,13-15,21,26H,6,8,12,16H2,(H,27,28). The third kappa shape index (κ3) is 4.97. The normalized spacial score (nSPS) is 15.4. The van der Waals surface area contributed by atoms with Crippen LogP contribution in [-0.4, -0.2) is 12.5 Å². The molecule has 3 aromatic rings. The molecule has 1 atom stereocenters. The molecule has 0 bridgehead atoms. The molecule has 0 saturated heterocycles. The summed E-state index contributed by atoms with van der Waals surface area (Å²) in [5.41, 5.74) is 3.21. The molecule has 0 spiro atoms. The topological polar surface area (TPSA) is 50.4 Å². The van der Waals surface area contributed by atoms with Crippen LogP contribution in [0.3, 0.4) is 0 Å². The number of hydrogen-bond acceptors (Lipinski definition) is 3. The number of fused-ring (bicyclic) bond motifs is 1. The number of aryl methyl sites for hydroxylation is 1. The Morgan fingerprint density at radius 2 is 1.83 bits per heavy atom. The van der Waals surface area contributed by atoms with E-state index in [4.69, 9.17) is 16.3 Å². The zero-order chi connectivity index (χ0) is 20.1. The molecule has 2 N–H and O–H groups in total. The van der Waals surface area contributed by atoms with Crippen LogP contribution in [0.25, 0.3) is 0 Å². The van der Waals surface area contributed by atoms with Crippen LogP contribution in [-0.2, 0) is 11.2 Å². The second-order valence-corrected chi connectivity index (χ2v) is 7.56. The zero-order valence-electron chi connectivity index (χ0n) is 16.0. The maximum absolute atomic E-state index is 12.6. The molecule has 0 radical (unpaired) electrons. The lowest BCUT2D eigenvalue weighted by atomic mass is 9.88. The Balaban J connectivity index is 1.42. The van der Waals surface area contributed by atoms with E-state index in [1.165, 1.54) is 11.1 Å². The number of benzene rings is 3. The number of hydrogen-bond donors (Lipinski definition) is 2. The van der Waals surface area contributed by atoms with Crippen molar-refractivity contribution in [1.82, 2.24) is 5.32 Å². The molecule has 4 rings (SSSR count). The van der Waals surface area contributed by atoms with Crippen LogP contribution < -0.4 is 15.4 Å². The van der Waals surface area contributed by atoms with Gasteiger partial charge in [0.2, 0.25) is 5.91 Å².